The van der Waals surface area contributed by atoms with E-state index in [0.29, 0.717) is 23.7 Å². The number of hydrazone groups is 1. The molecule has 1 aromatic heterocycles. The molecular formula is C22H23FN4O3. The molecule has 1 heterocycles. The highest BCUT2D eigenvalue weighted by molar-refractivity contribution is 5.95. The maximum Gasteiger partial charge on any atom is 0.271 e. The summed E-state index contributed by atoms with van der Waals surface area (Å²) >= 11 is 0. The molecule has 8 heteroatoms. The van der Waals surface area contributed by atoms with Crippen molar-refractivity contribution in [1.82, 2.24) is 15.2 Å². The van der Waals surface area contributed by atoms with Crippen LogP contribution in [0.25, 0.3) is 5.69 Å². The Morgan fingerprint density at radius 1 is 1.20 bits per heavy atom. The number of nitrogens with one attached hydrogen (secondary N) is 1. The van der Waals surface area contributed by atoms with E-state index in [1.165, 1.54) is 19.2 Å². The van der Waals surface area contributed by atoms with Gasteiger partial charge in [-0.1, -0.05) is 0 Å². The number of ether oxygens (including phenoxy) is 2. The Morgan fingerprint density at radius 3 is 2.60 bits per heavy atom. The van der Waals surface area contributed by atoms with Gasteiger partial charge in [0.2, 0.25) is 0 Å². The lowest BCUT2D eigenvalue weighted by Crippen LogP contribution is -2.17. The molecule has 2 aromatic carbocycles. The average molecular weight is 410 g/mol. The molecule has 3 rings (SSSR count). The molecule has 0 aliphatic rings. The zero-order valence-electron chi connectivity index (χ0n) is 17.3. The van der Waals surface area contributed by atoms with E-state index in [1.54, 1.807) is 41.2 Å². The van der Waals surface area contributed by atoms with Crippen molar-refractivity contribution in [2.75, 3.05) is 13.7 Å². The topological polar surface area (TPSA) is 77.7 Å². The highest BCUT2D eigenvalue weighted by atomic mass is 19.1. The molecule has 0 saturated carbocycles. The van der Waals surface area contributed by atoms with E-state index in [-0.39, 0.29) is 11.7 Å². The minimum Gasteiger partial charge on any atom is -0.493 e. The Morgan fingerprint density at radius 2 is 1.93 bits per heavy atom. The molecule has 0 spiro atoms. The van der Waals surface area contributed by atoms with Crippen molar-refractivity contribution >= 4 is 12.1 Å². The Bertz CT molecular complexity index is 1070. The van der Waals surface area contributed by atoms with Crippen LogP contribution in [0.3, 0.4) is 0 Å². The number of aryl methyl sites for hydroxylation is 1. The van der Waals surface area contributed by atoms with Gasteiger partial charge in [-0.15, -0.1) is 0 Å². The molecule has 3 aromatic rings. The van der Waals surface area contributed by atoms with Gasteiger partial charge in [-0.05, 0) is 63.2 Å². The van der Waals surface area contributed by atoms with Gasteiger partial charge in [-0.25, -0.2) is 14.5 Å². The Kier molecular flexibility index (Phi) is 6.46. The van der Waals surface area contributed by atoms with Crippen molar-refractivity contribution in [2.45, 2.75) is 20.8 Å². The number of nitrogens with zero attached hydrogens (tertiary/aromatic N) is 3. The number of amides is 1. The number of aromatic nitrogens is 2. The van der Waals surface area contributed by atoms with Crippen LogP contribution in [0.1, 0.15) is 34.2 Å². The molecule has 0 radical (unpaired) electrons. The summed E-state index contributed by atoms with van der Waals surface area (Å²) in [6.45, 7) is 6.09. The Balaban J connectivity index is 1.75. The zero-order chi connectivity index (χ0) is 21.7. The van der Waals surface area contributed by atoms with Gasteiger partial charge < -0.3 is 9.47 Å². The van der Waals surface area contributed by atoms with Crippen LogP contribution in [0.2, 0.25) is 0 Å². The van der Waals surface area contributed by atoms with Crippen LogP contribution < -0.4 is 14.9 Å². The van der Waals surface area contributed by atoms with Crippen LogP contribution in [-0.2, 0) is 0 Å². The third-order valence-electron chi connectivity index (χ3n) is 4.50. The Hall–Kier alpha value is -3.68. The molecule has 0 unspecified atom stereocenters. The minimum atomic E-state index is -0.381. The molecular weight excluding hydrogens is 387 g/mol. The summed E-state index contributed by atoms with van der Waals surface area (Å²) in [6, 6.07) is 11.0. The van der Waals surface area contributed by atoms with E-state index in [0.717, 1.165) is 22.6 Å². The fourth-order valence-corrected chi connectivity index (χ4v) is 2.98. The third-order valence-corrected chi connectivity index (χ3v) is 4.50. The lowest BCUT2D eigenvalue weighted by atomic mass is 10.2. The number of benzene rings is 2. The van der Waals surface area contributed by atoms with Crippen LogP contribution in [0, 0.1) is 19.7 Å². The summed E-state index contributed by atoms with van der Waals surface area (Å²) in [6.07, 6.45) is 1.54. The molecule has 0 aliphatic carbocycles. The van der Waals surface area contributed by atoms with E-state index in [9.17, 15) is 9.18 Å². The first-order valence-electron chi connectivity index (χ1n) is 9.41. The van der Waals surface area contributed by atoms with Gasteiger partial charge in [0.05, 0.1) is 37.0 Å². The first kappa shape index (κ1) is 21.0. The molecule has 0 saturated heterocycles. The normalized spacial score (nSPS) is 11.0. The van der Waals surface area contributed by atoms with E-state index in [1.807, 2.05) is 20.8 Å². The second-order valence-corrected chi connectivity index (χ2v) is 6.47. The molecule has 1 amide bonds. The van der Waals surface area contributed by atoms with Crippen LogP contribution >= 0.6 is 0 Å². The van der Waals surface area contributed by atoms with E-state index >= 15 is 0 Å². The molecule has 1 N–H and O–H groups in total. The second-order valence-electron chi connectivity index (χ2n) is 6.47. The SMILES string of the molecule is CCOc1ccc(C(=O)N/N=C\c2c(C)nn(-c3ccc(F)cc3)c2C)cc1OC. The molecule has 156 valence electrons. The van der Waals surface area contributed by atoms with Gasteiger partial charge in [-0.3, -0.25) is 4.79 Å². The van der Waals surface area contributed by atoms with Gasteiger partial charge in [-0.2, -0.15) is 10.2 Å². The van der Waals surface area contributed by atoms with E-state index in [2.05, 4.69) is 15.6 Å². The van der Waals surface area contributed by atoms with Gasteiger partial charge in [0, 0.05) is 11.1 Å². The summed E-state index contributed by atoms with van der Waals surface area (Å²) in [5, 5.41) is 8.54. The van der Waals surface area contributed by atoms with Crippen LogP contribution in [-0.4, -0.2) is 35.6 Å². The highest BCUT2D eigenvalue weighted by Gasteiger charge is 2.13. The van der Waals surface area contributed by atoms with Crippen molar-refractivity contribution in [3.63, 3.8) is 0 Å². The predicted molar refractivity (Wildman–Crippen MR) is 112 cm³/mol. The van der Waals surface area contributed by atoms with Crippen molar-refractivity contribution < 1.29 is 18.7 Å². The smallest absolute Gasteiger partial charge is 0.271 e. The van der Waals surface area contributed by atoms with Crippen molar-refractivity contribution in [3.05, 3.63) is 70.8 Å². The quantitative estimate of drug-likeness (QED) is 0.475. The number of hydrogen-bond donors (Lipinski definition) is 1. The maximum absolute atomic E-state index is 13.2. The number of carbonyl (C=O) groups excluding carboxylic acids is 1. The first-order chi connectivity index (χ1) is 14.4. The summed E-state index contributed by atoms with van der Waals surface area (Å²) in [4.78, 5) is 12.4. The minimum absolute atomic E-state index is 0.310. The molecule has 7 nitrogen and oxygen atoms in total. The molecule has 0 atom stereocenters. The van der Waals surface area contributed by atoms with E-state index in [4.69, 9.17) is 9.47 Å². The number of halogens is 1. The summed E-state index contributed by atoms with van der Waals surface area (Å²) in [5.41, 5.74) is 5.96. The molecule has 0 fully saturated rings. The number of hydrogen-bond acceptors (Lipinski definition) is 5. The summed E-state index contributed by atoms with van der Waals surface area (Å²) < 4.78 is 25.6. The largest absolute Gasteiger partial charge is 0.493 e. The predicted octanol–water partition coefficient (Wildman–Crippen LogP) is 3.80. The number of rotatable bonds is 7. The van der Waals surface area contributed by atoms with Gasteiger partial charge in [0.25, 0.3) is 5.91 Å². The summed E-state index contributed by atoms with van der Waals surface area (Å²) in [5.74, 6) is 0.352. The second kappa shape index (κ2) is 9.21. The van der Waals surface area contributed by atoms with Crippen molar-refractivity contribution in [2.24, 2.45) is 5.10 Å². The van der Waals surface area contributed by atoms with Gasteiger partial charge in [0.15, 0.2) is 11.5 Å². The lowest BCUT2D eigenvalue weighted by molar-refractivity contribution is 0.0954. The number of carbonyl (C=O) groups is 1. The molecule has 0 bridgehead atoms. The highest BCUT2D eigenvalue weighted by Crippen LogP contribution is 2.28. The van der Waals surface area contributed by atoms with Gasteiger partial charge >= 0.3 is 0 Å². The summed E-state index contributed by atoms with van der Waals surface area (Å²) in [7, 11) is 1.52. The fourth-order valence-electron chi connectivity index (χ4n) is 2.98. The first-order valence-corrected chi connectivity index (χ1v) is 9.41. The van der Waals surface area contributed by atoms with Crippen LogP contribution in [0.15, 0.2) is 47.6 Å². The zero-order valence-corrected chi connectivity index (χ0v) is 17.3. The lowest BCUT2D eigenvalue weighted by Gasteiger charge is -2.10. The standard InChI is InChI=1S/C22H23FN4O3/c1-5-30-20-11-6-16(12-21(20)29-4)22(28)25-24-13-19-14(2)26-27(15(19)3)18-9-7-17(23)8-10-18/h6-13H,5H2,1-4H3,(H,25,28)/b24-13-. The molecule has 0 aliphatic heterocycles. The maximum atomic E-state index is 13.2. The fraction of sp³-hybridized carbons (Fsp3) is 0.227. The average Bonchev–Trinajstić information content (AvgIpc) is 3.03. The monoisotopic (exact) mass is 410 g/mol. The van der Waals surface area contributed by atoms with Crippen LogP contribution in [0.4, 0.5) is 4.39 Å². The van der Waals surface area contributed by atoms with Crippen molar-refractivity contribution in [1.29, 1.82) is 0 Å². The van der Waals surface area contributed by atoms with E-state index < -0.39 is 0 Å². The van der Waals surface area contributed by atoms with Crippen LogP contribution in [0.5, 0.6) is 11.5 Å². The number of methoxy groups -OCH3 is 1. The Labute approximate surface area is 174 Å². The third kappa shape index (κ3) is 4.48. The van der Waals surface area contributed by atoms with Crippen molar-refractivity contribution in [3.8, 4) is 17.2 Å². The molecule has 30 heavy (non-hydrogen) atoms. The van der Waals surface area contributed by atoms with Gasteiger partial charge in [0.1, 0.15) is 5.82 Å².